The predicted molar refractivity (Wildman–Crippen MR) is 140 cm³/mol. The number of aryl methyl sites for hydroxylation is 2. The highest BCUT2D eigenvalue weighted by Crippen LogP contribution is 2.28. The van der Waals surface area contributed by atoms with Gasteiger partial charge in [0.05, 0.1) is 12.2 Å². The van der Waals surface area contributed by atoms with Crippen LogP contribution in [0.3, 0.4) is 0 Å². The molecule has 0 bridgehead atoms. The van der Waals surface area contributed by atoms with Gasteiger partial charge >= 0.3 is 0 Å². The Balaban J connectivity index is 1.58. The van der Waals surface area contributed by atoms with Gasteiger partial charge in [0.2, 0.25) is 0 Å². The van der Waals surface area contributed by atoms with Crippen molar-refractivity contribution in [2.24, 2.45) is 0 Å². The lowest BCUT2D eigenvalue weighted by Crippen LogP contribution is -1.95. The summed E-state index contributed by atoms with van der Waals surface area (Å²) in [5.41, 5.74) is 7.63. The van der Waals surface area contributed by atoms with Crippen molar-refractivity contribution in [3.8, 4) is 39.8 Å². The molecule has 0 aromatic heterocycles. The molecular weight excluding hydrogens is 419 g/mol. The summed E-state index contributed by atoms with van der Waals surface area (Å²) in [6.45, 7) is 6.88. The summed E-state index contributed by atoms with van der Waals surface area (Å²) in [4.78, 5) is 0. The lowest BCUT2D eigenvalue weighted by molar-refractivity contribution is 0.317. The first-order chi connectivity index (χ1) is 16.6. The Bertz CT molecular complexity index is 1310. The first kappa shape index (κ1) is 23.3. The molecule has 0 unspecified atom stereocenters. The molecule has 0 aliphatic heterocycles. The summed E-state index contributed by atoms with van der Waals surface area (Å²) in [5.74, 6) is 6.70. The maximum atomic E-state index is 15.1. The van der Waals surface area contributed by atoms with Gasteiger partial charge in [-0.05, 0) is 84.0 Å². The number of hydrogen-bond acceptors (Lipinski definition) is 1. The Morgan fingerprint density at radius 3 is 1.88 bits per heavy atom. The van der Waals surface area contributed by atoms with Gasteiger partial charge < -0.3 is 4.74 Å². The van der Waals surface area contributed by atoms with Crippen LogP contribution in [-0.2, 0) is 6.42 Å². The van der Waals surface area contributed by atoms with Crippen LogP contribution in [0.2, 0.25) is 0 Å². The Morgan fingerprint density at radius 1 is 0.706 bits per heavy atom. The zero-order valence-corrected chi connectivity index (χ0v) is 20.0. The van der Waals surface area contributed by atoms with Gasteiger partial charge in [0.1, 0.15) is 11.6 Å². The van der Waals surface area contributed by atoms with E-state index in [1.807, 2.05) is 31.2 Å². The van der Waals surface area contributed by atoms with Crippen LogP contribution in [0.15, 0.2) is 84.9 Å². The fourth-order valence-corrected chi connectivity index (χ4v) is 3.84. The topological polar surface area (TPSA) is 9.23 Å². The van der Waals surface area contributed by atoms with Crippen molar-refractivity contribution in [2.75, 3.05) is 6.61 Å². The first-order valence-electron chi connectivity index (χ1n) is 11.8. The van der Waals surface area contributed by atoms with Gasteiger partial charge in [-0.3, -0.25) is 0 Å². The van der Waals surface area contributed by atoms with Gasteiger partial charge in [0, 0.05) is 5.56 Å². The van der Waals surface area contributed by atoms with E-state index in [1.165, 1.54) is 11.1 Å². The quantitative estimate of drug-likeness (QED) is 0.270. The van der Waals surface area contributed by atoms with Gasteiger partial charge in [0.25, 0.3) is 0 Å². The summed E-state index contributed by atoms with van der Waals surface area (Å²) in [5, 5.41) is 0. The lowest BCUT2D eigenvalue weighted by atomic mass is 9.95. The van der Waals surface area contributed by atoms with Crippen LogP contribution in [0.5, 0.6) is 5.75 Å². The van der Waals surface area contributed by atoms with Crippen molar-refractivity contribution in [3.63, 3.8) is 0 Å². The fraction of sp³-hybridized carbons (Fsp3) is 0.188. The summed E-state index contributed by atoms with van der Waals surface area (Å²) in [6.07, 6.45) is 1.67. The molecule has 4 aromatic carbocycles. The highest BCUT2D eigenvalue weighted by Gasteiger charge is 2.10. The minimum Gasteiger partial charge on any atom is -0.494 e. The third kappa shape index (κ3) is 5.56. The largest absolute Gasteiger partial charge is 0.494 e. The monoisotopic (exact) mass is 448 g/mol. The molecule has 0 spiro atoms. The van der Waals surface area contributed by atoms with Crippen molar-refractivity contribution in [1.82, 2.24) is 0 Å². The second-order valence-corrected chi connectivity index (χ2v) is 8.41. The van der Waals surface area contributed by atoms with Gasteiger partial charge in [-0.2, -0.15) is 0 Å². The zero-order valence-electron chi connectivity index (χ0n) is 20.0. The fourth-order valence-electron chi connectivity index (χ4n) is 3.84. The molecule has 0 aliphatic rings. The highest BCUT2D eigenvalue weighted by molar-refractivity contribution is 5.72. The molecule has 0 radical (unpaired) electrons. The van der Waals surface area contributed by atoms with Gasteiger partial charge in [-0.15, -0.1) is 0 Å². The molecule has 0 heterocycles. The molecule has 0 N–H and O–H groups in total. The van der Waals surface area contributed by atoms with E-state index in [-0.39, 0.29) is 5.82 Å². The molecule has 0 saturated heterocycles. The molecule has 4 rings (SSSR count). The van der Waals surface area contributed by atoms with E-state index in [9.17, 15) is 0 Å². The van der Waals surface area contributed by atoms with Gasteiger partial charge in [0.15, 0.2) is 0 Å². The van der Waals surface area contributed by atoms with E-state index in [2.05, 4.69) is 80.3 Å². The maximum Gasteiger partial charge on any atom is 0.139 e. The molecule has 1 nitrogen and oxygen atoms in total. The van der Waals surface area contributed by atoms with E-state index in [1.54, 1.807) is 6.07 Å². The van der Waals surface area contributed by atoms with Crippen LogP contribution >= 0.6 is 0 Å². The van der Waals surface area contributed by atoms with Crippen LogP contribution in [-0.4, -0.2) is 6.61 Å². The number of hydrogen-bond donors (Lipinski definition) is 0. The molecule has 0 atom stereocenters. The van der Waals surface area contributed by atoms with Crippen molar-refractivity contribution in [3.05, 3.63) is 113 Å². The molecule has 0 saturated carbocycles. The van der Waals surface area contributed by atoms with Crippen molar-refractivity contribution in [2.45, 2.75) is 33.6 Å². The number of halogens is 1. The van der Waals surface area contributed by atoms with Crippen LogP contribution in [0.25, 0.3) is 22.3 Å². The summed E-state index contributed by atoms with van der Waals surface area (Å²) >= 11 is 0. The maximum absolute atomic E-state index is 15.1. The average Bonchev–Trinajstić information content (AvgIpc) is 2.87. The zero-order chi connectivity index (χ0) is 23.9. The first-order valence-corrected chi connectivity index (χ1v) is 11.8. The average molecular weight is 449 g/mol. The van der Waals surface area contributed by atoms with Crippen LogP contribution in [0, 0.1) is 24.6 Å². The molecule has 2 heteroatoms. The SMILES string of the molecule is CCCOc1ccc(C#Cc2c(F)cc(-c3ccc(-c4ccc(C)cc4)cc3)cc2CC)cc1. The Hall–Kier alpha value is -3.83. The van der Waals surface area contributed by atoms with E-state index in [0.29, 0.717) is 18.6 Å². The predicted octanol–water partition coefficient (Wildman–Crippen LogP) is 8.22. The third-order valence-electron chi connectivity index (χ3n) is 5.81. The Kier molecular flexibility index (Phi) is 7.45. The van der Waals surface area contributed by atoms with Crippen molar-refractivity contribution in [1.29, 1.82) is 0 Å². The Labute approximate surface area is 202 Å². The van der Waals surface area contributed by atoms with Gasteiger partial charge in [-0.1, -0.05) is 79.8 Å². The number of benzene rings is 4. The smallest absolute Gasteiger partial charge is 0.139 e. The van der Waals surface area contributed by atoms with E-state index >= 15 is 4.39 Å². The summed E-state index contributed by atoms with van der Waals surface area (Å²) in [7, 11) is 0. The van der Waals surface area contributed by atoms with Crippen LogP contribution in [0.4, 0.5) is 4.39 Å². The standard InChI is InChI=1S/C32H29FO/c1-4-20-34-30-17-8-24(9-18-30)10-19-31-25(5-2)21-29(22-32(31)33)28-15-13-27(14-16-28)26-11-6-23(3)7-12-26/h6-9,11-18,21-22H,4-5,20H2,1-3H3. The van der Waals surface area contributed by atoms with Gasteiger partial charge in [-0.25, -0.2) is 4.39 Å². The molecule has 4 aromatic rings. The van der Waals surface area contributed by atoms with E-state index < -0.39 is 0 Å². The Morgan fingerprint density at radius 2 is 1.29 bits per heavy atom. The third-order valence-corrected chi connectivity index (χ3v) is 5.81. The highest BCUT2D eigenvalue weighted by atomic mass is 19.1. The van der Waals surface area contributed by atoms with Crippen molar-refractivity contribution < 1.29 is 9.13 Å². The molecule has 0 fully saturated rings. The molecule has 0 amide bonds. The summed E-state index contributed by atoms with van der Waals surface area (Å²) < 4.78 is 20.8. The van der Waals surface area contributed by atoms with Crippen LogP contribution < -0.4 is 4.74 Å². The minimum absolute atomic E-state index is 0.285. The minimum atomic E-state index is -0.285. The second kappa shape index (κ2) is 10.9. The number of ether oxygens (including phenoxy) is 1. The molecule has 170 valence electrons. The van der Waals surface area contributed by atoms with Crippen LogP contribution in [0.1, 0.15) is 42.5 Å². The van der Waals surface area contributed by atoms with Crippen molar-refractivity contribution >= 4 is 0 Å². The second-order valence-electron chi connectivity index (χ2n) is 8.41. The number of rotatable bonds is 6. The van der Waals surface area contributed by atoms with E-state index in [4.69, 9.17) is 4.74 Å². The summed E-state index contributed by atoms with van der Waals surface area (Å²) in [6, 6.07) is 28.0. The lowest BCUT2D eigenvalue weighted by Gasteiger charge is -2.10. The van der Waals surface area contributed by atoms with E-state index in [0.717, 1.165) is 40.0 Å². The molecule has 0 aliphatic carbocycles. The normalized spacial score (nSPS) is 10.5. The molecule has 34 heavy (non-hydrogen) atoms. The molecular formula is C32H29FO.